The maximum absolute atomic E-state index is 11.0. The molecule has 0 heterocycles. The second-order valence-electron chi connectivity index (χ2n) is 4.36. The molecule has 3 N–H and O–H groups in total. The monoisotopic (exact) mass is 270 g/mol. The molecule has 0 radical (unpaired) electrons. The molecule has 0 fully saturated rings. The first kappa shape index (κ1) is 15.0. The average Bonchev–Trinajstić information content (AvgIpc) is 2.31. The van der Waals surface area contributed by atoms with Gasteiger partial charge in [-0.05, 0) is 23.6 Å². The molecule has 1 atom stereocenters. The number of amides is 1. The predicted molar refractivity (Wildman–Crippen MR) is 72.7 cm³/mol. The van der Waals surface area contributed by atoms with Gasteiger partial charge >= 0.3 is 0 Å². The number of nitrogens with one attached hydrogen (secondary N) is 1. The Bertz CT molecular complexity index is 410. The van der Waals surface area contributed by atoms with Crippen molar-refractivity contribution in [3.63, 3.8) is 0 Å². The highest BCUT2D eigenvalue weighted by Crippen LogP contribution is 2.17. The van der Waals surface area contributed by atoms with Crippen molar-refractivity contribution in [1.82, 2.24) is 5.32 Å². The van der Waals surface area contributed by atoms with Crippen LogP contribution in [-0.4, -0.2) is 26.2 Å². The fraction of sp³-hybridized carbons (Fsp3) is 0.462. The van der Waals surface area contributed by atoms with E-state index in [4.69, 9.17) is 22.1 Å². The number of rotatable bonds is 7. The molecule has 1 amide bonds. The predicted octanol–water partition coefficient (Wildman–Crippen LogP) is 1.81. The highest BCUT2D eigenvalue weighted by atomic mass is 35.5. The van der Waals surface area contributed by atoms with Crippen LogP contribution in [0.5, 0.6) is 0 Å². The first-order chi connectivity index (χ1) is 8.54. The Morgan fingerprint density at radius 3 is 2.83 bits per heavy atom. The minimum Gasteiger partial charge on any atom is -0.384 e. The summed E-state index contributed by atoms with van der Waals surface area (Å²) in [7, 11) is 1.69. The number of methoxy groups -OCH3 is 1. The summed E-state index contributed by atoms with van der Waals surface area (Å²) < 4.78 is 5.05. The van der Waals surface area contributed by atoms with Gasteiger partial charge in [0.2, 0.25) is 5.91 Å². The standard InChI is InChI=1S/C13H19ClN2O2/c1-9(8-18-2)6-16-7-11-4-3-10(13(15)17)5-12(11)14/h3-5,9,16H,6-8H2,1-2H3,(H2,15,17). The quantitative estimate of drug-likeness (QED) is 0.794. The molecule has 0 aliphatic rings. The van der Waals surface area contributed by atoms with Crippen LogP contribution in [0.3, 0.4) is 0 Å². The molecule has 18 heavy (non-hydrogen) atoms. The van der Waals surface area contributed by atoms with Gasteiger partial charge in [0.1, 0.15) is 0 Å². The molecule has 0 aliphatic carbocycles. The van der Waals surface area contributed by atoms with E-state index in [1.54, 1.807) is 19.2 Å². The van der Waals surface area contributed by atoms with Crippen LogP contribution in [0.15, 0.2) is 18.2 Å². The van der Waals surface area contributed by atoms with Crippen molar-refractivity contribution in [1.29, 1.82) is 0 Å². The SMILES string of the molecule is COCC(C)CNCc1ccc(C(N)=O)cc1Cl. The van der Waals surface area contributed by atoms with Gasteiger partial charge in [0, 0.05) is 37.4 Å². The van der Waals surface area contributed by atoms with Gasteiger partial charge in [-0.25, -0.2) is 0 Å². The number of carbonyl (C=O) groups excluding carboxylic acids is 1. The van der Waals surface area contributed by atoms with Crippen LogP contribution in [0.4, 0.5) is 0 Å². The molecule has 0 aromatic heterocycles. The Morgan fingerprint density at radius 1 is 1.56 bits per heavy atom. The first-order valence-corrected chi connectivity index (χ1v) is 6.20. The van der Waals surface area contributed by atoms with Gasteiger partial charge in [0.25, 0.3) is 0 Å². The second kappa shape index (κ2) is 7.36. The van der Waals surface area contributed by atoms with E-state index < -0.39 is 5.91 Å². The van der Waals surface area contributed by atoms with Crippen LogP contribution >= 0.6 is 11.6 Å². The lowest BCUT2D eigenvalue weighted by Crippen LogP contribution is -2.23. The van der Waals surface area contributed by atoms with E-state index in [1.807, 2.05) is 6.07 Å². The van der Waals surface area contributed by atoms with E-state index in [0.29, 0.717) is 23.0 Å². The summed E-state index contributed by atoms with van der Waals surface area (Å²) in [5.74, 6) is -0.0243. The summed E-state index contributed by atoms with van der Waals surface area (Å²) in [6.45, 7) is 4.34. The van der Waals surface area contributed by atoms with Gasteiger partial charge in [-0.2, -0.15) is 0 Å². The van der Waals surface area contributed by atoms with Crippen LogP contribution in [0, 0.1) is 5.92 Å². The minimum absolute atomic E-state index is 0.427. The number of ether oxygens (including phenoxy) is 1. The molecule has 0 aliphatic heterocycles. The van der Waals surface area contributed by atoms with Gasteiger partial charge < -0.3 is 15.8 Å². The third-order valence-electron chi connectivity index (χ3n) is 2.60. The molecular weight excluding hydrogens is 252 g/mol. The number of carbonyl (C=O) groups is 1. The fourth-order valence-corrected chi connectivity index (χ4v) is 1.89. The van der Waals surface area contributed by atoms with Crippen LogP contribution < -0.4 is 11.1 Å². The summed E-state index contributed by atoms with van der Waals surface area (Å²) in [6, 6.07) is 5.10. The number of benzene rings is 1. The van der Waals surface area contributed by atoms with Crippen molar-refractivity contribution in [3.05, 3.63) is 34.3 Å². The van der Waals surface area contributed by atoms with Crippen LogP contribution in [-0.2, 0) is 11.3 Å². The molecular formula is C13H19ClN2O2. The Morgan fingerprint density at radius 2 is 2.28 bits per heavy atom. The number of nitrogens with two attached hydrogens (primary N) is 1. The molecule has 0 saturated carbocycles. The molecule has 0 saturated heterocycles. The Labute approximate surface area is 112 Å². The molecule has 5 heteroatoms. The smallest absolute Gasteiger partial charge is 0.248 e. The topological polar surface area (TPSA) is 64.3 Å². The molecule has 1 rings (SSSR count). The van der Waals surface area contributed by atoms with E-state index >= 15 is 0 Å². The summed E-state index contributed by atoms with van der Waals surface area (Å²) >= 11 is 6.08. The van der Waals surface area contributed by atoms with E-state index in [2.05, 4.69) is 12.2 Å². The molecule has 1 aromatic rings. The molecule has 100 valence electrons. The van der Waals surface area contributed by atoms with E-state index in [1.165, 1.54) is 0 Å². The van der Waals surface area contributed by atoms with Crippen LogP contribution in [0.25, 0.3) is 0 Å². The molecule has 4 nitrogen and oxygen atoms in total. The van der Waals surface area contributed by atoms with E-state index in [9.17, 15) is 4.79 Å². The van der Waals surface area contributed by atoms with Gasteiger partial charge in [-0.3, -0.25) is 4.79 Å². The average molecular weight is 271 g/mol. The minimum atomic E-state index is -0.467. The summed E-state index contributed by atoms with van der Waals surface area (Å²) in [5, 5.41) is 3.85. The molecule has 0 spiro atoms. The summed E-state index contributed by atoms with van der Waals surface area (Å²) in [4.78, 5) is 11.0. The number of hydrogen-bond donors (Lipinski definition) is 2. The number of hydrogen-bond acceptors (Lipinski definition) is 3. The highest BCUT2D eigenvalue weighted by Gasteiger charge is 2.06. The first-order valence-electron chi connectivity index (χ1n) is 5.82. The maximum atomic E-state index is 11.0. The second-order valence-corrected chi connectivity index (χ2v) is 4.77. The lowest BCUT2D eigenvalue weighted by molar-refractivity contribution is 0.100. The van der Waals surface area contributed by atoms with Gasteiger partial charge in [0.05, 0.1) is 0 Å². The Hall–Kier alpha value is -1.10. The third kappa shape index (κ3) is 4.64. The van der Waals surface area contributed by atoms with E-state index in [0.717, 1.165) is 18.7 Å². The zero-order chi connectivity index (χ0) is 13.5. The number of halogens is 1. The normalized spacial score (nSPS) is 12.4. The number of primary amides is 1. The van der Waals surface area contributed by atoms with Gasteiger partial charge in [-0.1, -0.05) is 24.6 Å². The van der Waals surface area contributed by atoms with Crippen LogP contribution in [0.1, 0.15) is 22.8 Å². The van der Waals surface area contributed by atoms with Crippen molar-refractivity contribution in [2.75, 3.05) is 20.3 Å². The maximum Gasteiger partial charge on any atom is 0.248 e. The molecule has 1 unspecified atom stereocenters. The molecule has 0 bridgehead atoms. The summed E-state index contributed by atoms with van der Waals surface area (Å²) in [5.41, 5.74) is 6.56. The zero-order valence-corrected chi connectivity index (χ0v) is 11.5. The zero-order valence-electron chi connectivity index (χ0n) is 10.7. The van der Waals surface area contributed by atoms with E-state index in [-0.39, 0.29) is 0 Å². The van der Waals surface area contributed by atoms with Gasteiger partial charge in [0.15, 0.2) is 0 Å². The van der Waals surface area contributed by atoms with Crippen molar-refractivity contribution in [2.45, 2.75) is 13.5 Å². The van der Waals surface area contributed by atoms with Crippen molar-refractivity contribution < 1.29 is 9.53 Å². The van der Waals surface area contributed by atoms with Crippen molar-refractivity contribution in [2.24, 2.45) is 11.7 Å². The van der Waals surface area contributed by atoms with Gasteiger partial charge in [-0.15, -0.1) is 0 Å². The van der Waals surface area contributed by atoms with Crippen molar-refractivity contribution >= 4 is 17.5 Å². The Kier molecular flexibility index (Phi) is 6.12. The third-order valence-corrected chi connectivity index (χ3v) is 2.95. The Balaban J connectivity index is 2.50. The largest absolute Gasteiger partial charge is 0.384 e. The van der Waals surface area contributed by atoms with Crippen LogP contribution in [0.2, 0.25) is 5.02 Å². The lowest BCUT2D eigenvalue weighted by atomic mass is 10.1. The van der Waals surface area contributed by atoms with Crippen molar-refractivity contribution in [3.8, 4) is 0 Å². The highest BCUT2D eigenvalue weighted by molar-refractivity contribution is 6.31. The summed E-state index contributed by atoms with van der Waals surface area (Å²) in [6.07, 6.45) is 0. The lowest BCUT2D eigenvalue weighted by Gasteiger charge is -2.12. The fourth-order valence-electron chi connectivity index (χ4n) is 1.64. The molecule has 1 aromatic carbocycles.